The van der Waals surface area contributed by atoms with Crippen LogP contribution < -0.4 is 0 Å². The molecule has 0 aromatic carbocycles. The van der Waals surface area contributed by atoms with Gasteiger partial charge in [0.05, 0.1) is 0 Å². The Kier molecular flexibility index (Phi) is 10.6. The molecule has 1 nitrogen and oxygen atoms in total. The molecule has 0 aliphatic heterocycles. The molecule has 0 fully saturated rings. The summed E-state index contributed by atoms with van der Waals surface area (Å²) in [6, 6.07) is 0. The summed E-state index contributed by atoms with van der Waals surface area (Å²) in [6.45, 7) is 2.58. The van der Waals surface area contributed by atoms with Crippen molar-refractivity contribution in [3.63, 3.8) is 0 Å². The van der Waals surface area contributed by atoms with Gasteiger partial charge in [0.1, 0.15) is 0 Å². The molecule has 0 atom stereocenters. The van der Waals surface area contributed by atoms with Gasteiger partial charge in [-0.3, -0.25) is 0 Å². The summed E-state index contributed by atoms with van der Waals surface area (Å²) in [4.78, 5) is 0. The van der Waals surface area contributed by atoms with Gasteiger partial charge in [-0.15, -0.1) is 0 Å². The Morgan fingerprint density at radius 2 is 1.73 bits per heavy atom. The molecule has 0 aromatic rings. The second-order valence-corrected chi connectivity index (χ2v) is 3.97. The average Bonchev–Trinajstić information content (AvgIpc) is 2.03. The van der Waals surface area contributed by atoms with Gasteiger partial charge in [0, 0.05) is 6.61 Å². The highest BCUT2D eigenvalue weighted by atomic mass is 32.2. The molecule has 0 aliphatic carbocycles. The predicted octanol–water partition coefficient (Wildman–Crippen LogP) is 2.68. The van der Waals surface area contributed by atoms with Crippen molar-refractivity contribution < 1.29 is 5.11 Å². The van der Waals surface area contributed by atoms with E-state index in [0.29, 0.717) is 6.61 Å². The van der Waals surface area contributed by atoms with Crippen LogP contribution in [0.4, 0.5) is 0 Å². The molecule has 0 bridgehead atoms. The molecule has 0 heterocycles. The van der Waals surface area contributed by atoms with Gasteiger partial charge in [0.2, 0.25) is 0 Å². The van der Waals surface area contributed by atoms with Crippen LogP contribution in [0.1, 0.15) is 39.0 Å². The lowest BCUT2D eigenvalue weighted by Crippen LogP contribution is -1.87. The zero-order chi connectivity index (χ0) is 8.36. The van der Waals surface area contributed by atoms with Crippen molar-refractivity contribution in [2.24, 2.45) is 0 Å². The summed E-state index contributed by atoms with van der Waals surface area (Å²) in [5.41, 5.74) is 0. The standard InChI is InChI=1S/C9H20OS/c1-2-3-4-5-8-11-9-6-7-10/h10H,2-9H2,1H3. The minimum absolute atomic E-state index is 0.349. The monoisotopic (exact) mass is 176 g/mol. The summed E-state index contributed by atoms with van der Waals surface area (Å²) in [5, 5.41) is 8.49. The topological polar surface area (TPSA) is 20.2 Å². The number of aliphatic hydroxyl groups excluding tert-OH is 1. The van der Waals surface area contributed by atoms with Gasteiger partial charge in [-0.1, -0.05) is 26.2 Å². The van der Waals surface area contributed by atoms with E-state index in [1.165, 1.54) is 31.4 Å². The van der Waals surface area contributed by atoms with Gasteiger partial charge in [0.15, 0.2) is 0 Å². The smallest absolute Gasteiger partial charge is 0.0438 e. The average molecular weight is 176 g/mol. The van der Waals surface area contributed by atoms with E-state index in [1.807, 2.05) is 11.8 Å². The molecule has 0 aromatic heterocycles. The van der Waals surface area contributed by atoms with E-state index in [0.717, 1.165) is 12.2 Å². The van der Waals surface area contributed by atoms with Crippen LogP contribution >= 0.6 is 11.8 Å². The molecule has 11 heavy (non-hydrogen) atoms. The molecule has 0 spiro atoms. The third-order valence-corrected chi connectivity index (χ3v) is 2.74. The molecule has 0 radical (unpaired) electrons. The maximum absolute atomic E-state index is 8.49. The molecule has 0 amide bonds. The van der Waals surface area contributed by atoms with Crippen molar-refractivity contribution in [2.45, 2.75) is 39.0 Å². The first-order valence-electron chi connectivity index (χ1n) is 4.60. The zero-order valence-electron chi connectivity index (χ0n) is 7.51. The maximum Gasteiger partial charge on any atom is 0.0438 e. The van der Waals surface area contributed by atoms with Crippen LogP contribution in [0, 0.1) is 0 Å². The molecule has 2 heteroatoms. The summed E-state index contributed by atoms with van der Waals surface area (Å²) >= 11 is 1.97. The van der Waals surface area contributed by atoms with Crippen LogP contribution in [-0.4, -0.2) is 23.2 Å². The van der Waals surface area contributed by atoms with Crippen LogP contribution in [-0.2, 0) is 0 Å². The molecule has 0 saturated carbocycles. The van der Waals surface area contributed by atoms with Crippen molar-refractivity contribution >= 4 is 11.8 Å². The first-order chi connectivity index (χ1) is 5.41. The van der Waals surface area contributed by atoms with Crippen LogP contribution in [0.5, 0.6) is 0 Å². The minimum Gasteiger partial charge on any atom is -0.396 e. The largest absolute Gasteiger partial charge is 0.396 e. The van der Waals surface area contributed by atoms with Crippen molar-refractivity contribution in [1.82, 2.24) is 0 Å². The highest BCUT2D eigenvalue weighted by molar-refractivity contribution is 7.99. The molecular weight excluding hydrogens is 156 g/mol. The lowest BCUT2D eigenvalue weighted by molar-refractivity contribution is 0.296. The van der Waals surface area contributed by atoms with E-state index < -0.39 is 0 Å². The SMILES string of the molecule is CCCCCCSCCCO. The van der Waals surface area contributed by atoms with Crippen molar-refractivity contribution in [3.8, 4) is 0 Å². The summed E-state index contributed by atoms with van der Waals surface area (Å²) in [7, 11) is 0. The van der Waals surface area contributed by atoms with E-state index in [-0.39, 0.29) is 0 Å². The van der Waals surface area contributed by atoms with Crippen molar-refractivity contribution in [1.29, 1.82) is 0 Å². The molecule has 68 valence electrons. The highest BCUT2D eigenvalue weighted by Gasteiger charge is 1.89. The third-order valence-electron chi connectivity index (χ3n) is 1.59. The fraction of sp³-hybridized carbons (Fsp3) is 1.00. The molecule has 1 N–H and O–H groups in total. The maximum atomic E-state index is 8.49. The van der Waals surface area contributed by atoms with E-state index >= 15 is 0 Å². The Bertz CT molecular complexity index is 58.6. The van der Waals surface area contributed by atoms with Crippen LogP contribution in [0.25, 0.3) is 0 Å². The Labute approximate surface area is 74.6 Å². The number of hydrogen-bond acceptors (Lipinski definition) is 2. The Balaban J connectivity index is 2.69. The summed E-state index contributed by atoms with van der Waals surface area (Å²) < 4.78 is 0. The number of thioether (sulfide) groups is 1. The van der Waals surface area contributed by atoms with Gasteiger partial charge < -0.3 is 5.11 Å². The first-order valence-corrected chi connectivity index (χ1v) is 5.76. The zero-order valence-corrected chi connectivity index (χ0v) is 8.33. The van der Waals surface area contributed by atoms with Crippen LogP contribution in [0.3, 0.4) is 0 Å². The second-order valence-electron chi connectivity index (χ2n) is 2.75. The van der Waals surface area contributed by atoms with Gasteiger partial charge in [-0.05, 0) is 24.3 Å². The van der Waals surface area contributed by atoms with Crippen LogP contribution in [0.2, 0.25) is 0 Å². The van der Waals surface area contributed by atoms with Gasteiger partial charge in [0.25, 0.3) is 0 Å². The Hall–Kier alpha value is 0.310. The molecule has 0 rings (SSSR count). The third kappa shape index (κ3) is 10.3. The number of aliphatic hydroxyl groups is 1. The lowest BCUT2D eigenvalue weighted by Gasteiger charge is -1.98. The fourth-order valence-electron chi connectivity index (χ4n) is 0.900. The first kappa shape index (κ1) is 11.3. The van der Waals surface area contributed by atoms with E-state index in [2.05, 4.69) is 6.92 Å². The van der Waals surface area contributed by atoms with Crippen molar-refractivity contribution in [3.05, 3.63) is 0 Å². The van der Waals surface area contributed by atoms with Gasteiger partial charge in [-0.25, -0.2) is 0 Å². The van der Waals surface area contributed by atoms with Gasteiger partial charge in [-0.2, -0.15) is 11.8 Å². The second kappa shape index (κ2) is 10.3. The molecule has 0 saturated heterocycles. The quantitative estimate of drug-likeness (QED) is 0.574. The number of unbranched alkanes of at least 4 members (excludes halogenated alkanes) is 3. The summed E-state index contributed by atoms with van der Waals surface area (Å²) in [6.07, 6.45) is 6.38. The van der Waals surface area contributed by atoms with E-state index in [4.69, 9.17) is 5.11 Å². The van der Waals surface area contributed by atoms with Gasteiger partial charge >= 0.3 is 0 Å². The number of hydrogen-bond donors (Lipinski definition) is 1. The molecule has 0 unspecified atom stereocenters. The lowest BCUT2D eigenvalue weighted by atomic mass is 10.2. The highest BCUT2D eigenvalue weighted by Crippen LogP contribution is 2.08. The normalized spacial score (nSPS) is 10.4. The predicted molar refractivity (Wildman–Crippen MR) is 53.2 cm³/mol. The molecule has 0 aliphatic rings. The van der Waals surface area contributed by atoms with Crippen LogP contribution in [0.15, 0.2) is 0 Å². The van der Waals surface area contributed by atoms with E-state index in [1.54, 1.807) is 0 Å². The minimum atomic E-state index is 0.349. The number of rotatable bonds is 8. The van der Waals surface area contributed by atoms with Crippen molar-refractivity contribution in [2.75, 3.05) is 18.1 Å². The molecular formula is C9H20OS. The van der Waals surface area contributed by atoms with E-state index in [9.17, 15) is 0 Å². The summed E-state index contributed by atoms with van der Waals surface area (Å²) in [5.74, 6) is 2.41. The Morgan fingerprint density at radius 3 is 2.36 bits per heavy atom. The Morgan fingerprint density at radius 1 is 1.00 bits per heavy atom. The fourth-order valence-corrected chi connectivity index (χ4v) is 1.85.